The molecule has 1 atom stereocenters. The van der Waals surface area contributed by atoms with Crippen LogP contribution >= 0.6 is 0 Å². The maximum atomic E-state index is 5.37. The fraction of sp³-hybridized carbons (Fsp3) is 0.444. The third-order valence-corrected chi connectivity index (χ3v) is 4.35. The molecule has 128 valence electrons. The summed E-state index contributed by atoms with van der Waals surface area (Å²) in [5.74, 6) is 2.48. The summed E-state index contributed by atoms with van der Waals surface area (Å²) in [7, 11) is 3.31. The van der Waals surface area contributed by atoms with Crippen LogP contribution in [-0.2, 0) is 6.54 Å². The molecule has 1 saturated heterocycles. The third-order valence-electron chi connectivity index (χ3n) is 4.35. The molecule has 1 aliphatic rings. The second kappa shape index (κ2) is 7.97. The highest BCUT2D eigenvalue weighted by Gasteiger charge is 2.20. The first-order valence-electron chi connectivity index (χ1n) is 8.27. The van der Waals surface area contributed by atoms with Gasteiger partial charge >= 0.3 is 0 Å². The van der Waals surface area contributed by atoms with Crippen molar-refractivity contribution in [3.8, 4) is 11.5 Å². The monoisotopic (exact) mass is 328 g/mol. The van der Waals surface area contributed by atoms with E-state index in [1.54, 1.807) is 20.4 Å². The van der Waals surface area contributed by atoms with Crippen LogP contribution in [0.25, 0.3) is 0 Å². The van der Waals surface area contributed by atoms with Gasteiger partial charge in [-0.25, -0.2) is 0 Å². The van der Waals surface area contributed by atoms with Crippen LogP contribution in [0.4, 0.5) is 5.82 Å². The highest BCUT2D eigenvalue weighted by molar-refractivity contribution is 5.43. The van der Waals surface area contributed by atoms with Crippen LogP contribution in [0.3, 0.4) is 0 Å². The van der Waals surface area contributed by atoms with Crippen molar-refractivity contribution >= 4 is 5.82 Å². The van der Waals surface area contributed by atoms with E-state index in [0.717, 1.165) is 43.4 Å². The Kier molecular flexibility index (Phi) is 5.48. The number of ether oxygens (including phenoxy) is 2. The van der Waals surface area contributed by atoms with Gasteiger partial charge in [-0.1, -0.05) is 6.07 Å². The highest BCUT2D eigenvalue weighted by atomic mass is 16.5. The maximum Gasteiger partial charge on any atom is 0.161 e. The van der Waals surface area contributed by atoms with E-state index in [2.05, 4.69) is 26.5 Å². The first kappa shape index (κ1) is 16.5. The number of aromatic nitrogens is 2. The average molecular weight is 328 g/mol. The van der Waals surface area contributed by atoms with Crippen LogP contribution in [0.15, 0.2) is 36.5 Å². The molecule has 1 N–H and O–H groups in total. The zero-order valence-corrected chi connectivity index (χ0v) is 14.2. The molecule has 1 aliphatic heterocycles. The minimum Gasteiger partial charge on any atom is -0.493 e. The molecule has 6 heteroatoms. The quantitative estimate of drug-likeness (QED) is 0.878. The summed E-state index contributed by atoms with van der Waals surface area (Å²) in [4.78, 5) is 2.29. The number of hydrogen-bond donors (Lipinski definition) is 1. The van der Waals surface area contributed by atoms with Crippen LogP contribution in [0.2, 0.25) is 0 Å². The number of hydrogen-bond acceptors (Lipinski definition) is 6. The van der Waals surface area contributed by atoms with Gasteiger partial charge in [0.15, 0.2) is 17.3 Å². The van der Waals surface area contributed by atoms with Gasteiger partial charge in [0.1, 0.15) is 0 Å². The molecule has 2 aromatic rings. The van der Waals surface area contributed by atoms with Crippen LogP contribution in [0, 0.1) is 0 Å². The fourth-order valence-electron chi connectivity index (χ4n) is 3.07. The molecule has 6 nitrogen and oxygen atoms in total. The summed E-state index contributed by atoms with van der Waals surface area (Å²) < 4.78 is 10.7. The molecule has 0 aliphatic carbocycles. The number of methoxy groups -OCH3 is 2. The topological polar surface area (TPSA) is 59.5 Å². The Bertz CT molecular complexity index is 651. The number of piperidine rings is 1. The van der Waals surface area contributed by atoms with E-state index in [-0.39, 0.29) is 0 Å². The van der Waals surface area contributed by atoms with Crippen molar-refractivity contribution in [3.05, 3.63) is 42.1 Å². The number of rotatable bonds is 6. The first-order valence-corrected chi connectivity index (χ1v) is 8.27. The third kappa shape index (κ3) is 3.94. The van der Waals surface area contributed by atoms with Crippen LogP contribution in [-0.4, -0.2) is 43.5 Å². The lowest BCUT2D eigenvalue weighted by Gasteiger charge is -2.33. The Labute approximate surface area is 142 Å². The summed E-state index contributed by atoms with van der Waals surface area (Å²) >= 11 is 0. The first-order chi connectivity index (χ1) is 11.8. The molecule has 2 heterocycles. The molecule has 0 saturated carbocycles. The molecule has 0 bridgehead atoms. The lowest BCUT2D eigenvalue weighted by atomic mass is 10.1. The van der Waals surface area contributed by atoms with E-state index < -0.39 is 0 Å². The van der Waals surface area contributed by atoms with Gasteiger partial charge in [-0.3, -0.25) is 0 Å². The maximum absolute atomic E-state index is 5.37. The van der Waals surface area contributed by atoms with Crippen molar-refractivity contribution in [2.24, 2.45) is 0 Å². The second-order valence-electron chi connectivity index (χ2n) is 5.94. The molecule has 0 radical (unpaired) electrons. The largest absolute Gasteiger partial charge is 0.493 e. The normalized spacial score (nSPS) is 17.6. The Morgan fingerprint density at radius 2 is 2.08 bits per heavy atom. The molecule has 0 spiro atoms. The number of nitrogens with zero attached hydrogens (tertiary/aromatic N) is 3. The molecule has 1 fully saturated rings. The van der Waals surface area contributed by atoms with Crippen molar-refractivity contribution in [1.82, 2.24) is 15.5 Å². The van der Waals surface area contributed by atoms with E-state index >= 15 is 0 Å². The van der Waals surface area contributed by atoms with Gasteiger partial charge in [-0.15, -0.1) is 5.10 Å². The Morgan fingerprint density at radius 3 is 2.83 bits per heavy atom. The minimum absolute atomic E-state index is 0.439. The van der Waals surface area contributed by atoms with E-state index in [4.69, 9.17) is 9.47 Å². The predicted octanol–water partition coefficient (Wildman–Crippen LogP) is 2.25. The van der Waals surface area contributed by atoms with Crippen molar-refractivity contribution in [2.75, 3.05) is 32.2 Å². The summed E-state index contributed by atoms with van der Waals surface area (Å²) in [6.07, 6.45) is 4.03. The van der Waals surface area contributed by atoms with E-state index in [9.17, 15) is 0 Å². The number of benzene rings is 1. The lowest BCUT2D eigenvalue weighted by molar-refractivity contribution is 0.354. The molecular formula is C18H24N4O2. The predicted molar refractivity (Wildman–Crippen MR) is 93.7 cm³/mol. The Balaban J connectivity index is 1.58. The van der Waals surface area contributed by atoms with Gasteiger partial charge in [0.25, 0.3) is 0 Å². The SMILES string of the molecule is COc1ccc(CN[C@@H]2CCCN(c3cccnn3)C2)cc1OC. The van der Waals surface area contributed by atoms with Gasteiger partial charge in [-0.2, -0.15) is 5.10 Å². The number of nitrogens with one attached hydrogen (secondary N) is 1. The molecule has 0 amide bonds. The number of anilines is 1. The van der Waals surface area contributed by atoms with E-state index in [1.807, 2.05) is 24.3 Å². The lowest BCUT2D eigenvalue weighted by Crippen LogP contribution is -2.45. The molecule has 1 aromatic heterocycles. The van der Waals surface area contributed by atoms with E-state index in [1.165, 1.54) is 12.0 Å². The summed E-state index contributed by atoms with van der Waals surface area (Å²) in [5, 5.41) is 11.8. The summed E-state index contributed by atoms with van der Waals surface area (Å²) in [6, 6.07) is 10.4. The molecule has 24 heavy (non-hydrogen) atoms. The summed E-state index contributed by atoms with van der Waals surface area (Å²) in [6.45, 7) is 2.79. The molecular weight excluding hydrogens is 304 g/mol. The second-order valence-corrected chi connectivity index (χ2v) is 5.94. The van der Waals surface area contributed by atoms with Crippen LogP contribution in [0.5, 0.6) is 11.5 Å². The van der Waals surface area contributed by atoms with Crippen LogP contribution in [0.1, 0.15) is 18.4 Å². The van der Waals surface area contributed by atoms with Crippen molar-refractivity contribution in [3.63, 3.8) is 0 Å². The Hall–Kier alpha value is -2.34. The van der Waals surface area contributed by atoms with Gasteiger partial charge in [0.05, 0.1) is 14.2 Å². The standard InChI is InChI=1S/C18H24N4O2/c1-23-16-8-7-14(11-17(16)24-2)12-19-15-5-4-10-22(13-15)18-6-3-9-20-21-18/h3,6-9,11,15,19H,4-5,10,12-13H2,1-2H3/t15-/m1/s1. The molecule has 0 unspecified atom stereocenters. The zero-order chi connectivity index (χ0) is 16.8. The van der Waals surface area contributed by atoms with Crippen molar-refractivity contribution in [2.45, 2.75) is 25.4 Å². The van der Waals surface area contributed by atoms with Crippen molar-refractivity contribution in [1.29, 1.82) is 0 Å². The van der Waals surface area contributed by atoms with Crippen LogP contribution < -0.4 is 19.7 Å². The molecule has 1 aromatic carbocycles. The Morgan fingerprint density at radius 1 is 1.21 bits per heavy atom. The van der Waals surface area contributed by atoms with Gasteiger partial charge in [0, 0.05) is 31.9 Å². The van der Waals surface area contributed by atoms with E-state index in [0.29, 0.717) is 6.04 Å². The zero-order valence-electron chi connectivity index (χ0n) is 14.2. The molecule has 3 rings (SSSR count). The van der Waals surface area contributed by atoms with Gasteiger partial charge in [0.2, 0.25) is 0 Å². The smallest absolute Gasteiger partial charge is 0.161 e. The van der Waals surface area contributed by atoms with Gasteiger partial charge in [-0.05, 0) is 42.7 Å². The summed E-state index contributed by atoms with van der Waals surface area (Å²) in [5.41, 5.74) is 1.18. The highest BCUT2D eigenvalue weighted by Crippen LogP contribution is 2.27. The average Bonchev–Trinajstić information content (AvgIpc) is 2.67. The fourth-order valence-corrected chi connectivity index (χ4v) is 3.07. The minimum atomic E-state index is 0.439. The van der Waals surface area contributed by atoms with Gasteiger partial charge < -0.3 is 19.7 Å². The van der Waals surface area contributed by atoms with Crippen molar-refractivity contribution < 1.29 is 9.47 Å².